The Balaban J connectivity index is 2.49. The first kappa shape index (κ1) is 18.0. The summed E-state index contributed by atoms with van der Waals surface area (Å²) < 4.78 is 5.26. The summed E-state index contributed by atoms with van der Waals surface area (Å²) in [4.78, 5) is 25.6. The van der Waals surface area contributed by atoms with E-state index >= 15 is 0 Å². The first-order valence-corrected chi connectivity index (χ1v) is 7.83. The van der Waals surface area contributed by atoms with Crippen molar-refractivity contribution in [2.24, 2.45) is 0 Å². The predicted octanol–water partition coefficient (Wildman–Crippen LogP) is 2.00. The zero-order chi connectivity index (χ0) is 16.4. The lowest BCUT2D eigenvalue weighted by Crippen LogP contribution is -2.44. The molecule has 1 rings (SSSR count). The largest absolute Gasteiger partial charge is 0.496 e. The molecule has 0 aliphatic carbocycles. The number of nitrogens with zero attached hydrogens (tertiary/aromatic N) is 1. The number of carbonyl (C=O) groups is 2. The molecule has 0 unspecified atom stereocenters. The molecule has 0 heterocycles. The highest BCUT2D eigenvalue weighted by molar-refractivity contribution is 6.35. The number of benzene rings is 1. The molecule has 0 aliphatic heterocycles. The maximum atomic E-state index is 12.1. The van der Waals surface area contributed by atoms with Crippen LogP contribution in [0.5, 0.6) is 5.75 Å². The Bertz CT molecular complexity index is 483. The van der Waals surface area contributed by atoms with E-state index in [1.54, 1.807) is 12.0 Å². The van der Waals surface area contributed by atoms with Gasteiger partial charge < -0.3 is 15.0 Å². The Kier molecular flexibility index (Phi) is 8.04. The lowest BCUT2D eigenvalue weighted by Gasteiger charge is -2.20. The van der Waals surface area contributed by atoms with E-state index < -0.39 is 11.8 Å². The second-order valence-corrected chi connectivity index (χ2v) is 5.11. The fraction of sp³-hybridized carbons (Fsp3) is 0.529. The van der Waals surface area contributed by atoms with Crippen LogP contribution in [-0.4, -0.2) is 43.5 Å². The maximum Gasteiger partial charge on any atom is 0.311 e. The Hall–Kier alpha value is -2.04. The molecule has 122 valence electrons. The van der Waals surface area contributed by atoms with Crippen LogP contribution in [0.1, 0.15) is 32.3 Å². The van der Waals surface area contributed by atoms with Crippen LogP contribution in [0.3, 0.4) is 0 Å². The smallest absolute Gasteiger partial charge is 0.311 e. The van der Waals surface area contributed by atoms with Crippen LogP contribution >= 0.6 is 0 Å². The highest BCUT2D eigenvalue weighted by atomic mass is 16.5. The normalized spacial score (nSPS) is 10.1. The van der Waals surface area contributed by atoms with Gasteiger partial charge in [0.2, 0.25) is 0 Å². The predicted molar refractivity (Wildman–Crippen MR) is 86.9 cm³/mol. The number of hydrogen-bond donors (Lipinski definition) is 1. The maximum absolute atomic E-state index is 12.1. The summed E-state index contributed by atoms with van der Waals surface area (Å²) in [6.07, 6.45) is 2.32. The minimum Gasteiger partial charge on any atom is -0.496 e. The van der Waals surface area contributed by atoms with Crippen LogP contribution < -0.4 is 10.1 Å². The third-order valence-corrected chi connectivity index (χ3v) is 3.34. The first-order valence-electron chi connectivity index (χ1n) is 7.83. The Morgan fingerprint density at radius 3 is 2.36 bits per heavy atom. The molecular weight excluding hydrogens is 280 g/mol. The van der Waals surface area contributed by atoms with Crippen molar-refractivity contribution in [1.82, 2.24) is 10.2 Å². The standard InChI is InChI=1S/C17H26N2O3/c1-4-12-19(13-5-2)17(21)16(20)18-11-10-14-8-6-7-9-15(14)22-3/h6-9H,4-5,10-13H2,1-3H3,(H,18,20). The molecule has 5 heteroatoms. The number of amides is 2. The van der Waals surface area contributed by atoms with E-state index in [0.717, 1.165) is 24.2 Å². The van der Waals surface area contributed by atoms with Crippen LogP contribution in [0.25, 0.3) is 0 Å². The minimum atomic E-state index is -0.531. The monoisotopic (exact) mass is 306 g/mol. The molecule has 5 nitrogen and oxygen atoms in total. The van der Waals surface area contributed by atoms with Crippen LogP contribution in [0.15, 0.2) is 24.3 Å². The molecule has 1 N–H and O–H groups in total. The molecule has 0 aromatic heterocycles. The second-order valence-electron chi connectivity index (χ2n) is 5.11. The van der Waals surface area contributed by atoms with Crippen molar-refractivity contribution < 1.29 is 14.3 Å². The highest BCUT2D eigenvalue weighted by Crippen LogP contribution is 2.17. The Morgan fingerprint density at radius 2 is 1.77 bits per heavy atom. The Labute approximate surface area is 132 Å². The van der Waals surface area contributed by atoms with Gasteiger partial charge in [-0.25, -0.2) is 0 Å². The summed E-state index contributed by atoms with van der Waals surface area (Å²) in [6.45, 7) is 5.64. The fourth-order valence-corrected chi connectivity index (χ4v) is 2.29. The van der Waals surface area contributed by atoms with Crippen molar-refractivity contribution in [2.75, 3.05) is 26.7 Å². The molecule has 0 saturated carbocycles. The van der Waals surface area contributed by atoms with Gasteiger partial charge in [-0.15, -0.1) is 0 Å². The fourth-order valence-electron chi connectivity index (χ4n) is 2.29. The summed E-state index contributed by atoms with van der Waals surface area (Å²) in [7, 11) is 1.62. The SMILES string of the molecule is CCCN(CCC)C(=O)C(=O)NCCc1ccccc1OC. The van der Waals surface area contributed by atoms with Crippen LogP contribution in [0, 0.1) is 0 Å². The highest BCUT2D eigenvalue weighted by Gasteiger charge is 2.19. The number of carbonyl (C=O) groups excluding carboxylic acids is 2. The molecule has 1 aromatic carbocycles. The summed E-state index contributed by atoms with van der Waals surface area (Å²) in [5.74, 6) is -0.179. The van der Waals surface area contributed by atoms with Crippen molar-refractivity contribution in [2.45, 2.75) is 33.1 Å². The van der Waals surface area contributed by atoms with Crippen molar-refractivity contribution in [3.8, 4) is 5.75 Å². The summed E-state index contributed by atoms with van der Waals surface area (Å²) in [5.41, 5.74) is 1.01. The van der Waals surface area contributed by atoms with E-state index in [1.807, 2.05) is 38.1 Å². The third kappa shape index (κ3) is 5.39. The molecule has 0 radical (unpaired) electrons. The van der Waals surface area contributed by atoms with Crippen molar-refractivity contribution in [3.05, 3.63) is 29.8 Å². The summed E-state index contributed by atoms with van der Waals surface area (Å²) in [5, 5.41) is 2.69. The zero-order valence-electron chi connectivity index (χ0n) is 13.7. The van der Waals surface area contributed by atoms with Crippen LogP contribution in [-0.2, 0) is 16.0 Å². The van der Waals surface area contributed by atoms with Crippen LogP contribution in [0.4, 0.5) is 0 Å². The average Bonchev–Trinajstić information content (AvgIpc) is 2.54. The minimum absolute atomic E-state index is 0.414. The third-order valence-electron chi connectivity index (χ3n) is 3.34. The lowest BCUT2D eigenvalue weighted by molar-refractivity contribution is -0.145. The number of hydrogen-bond acceptors (Lipinski definition) is 3. The number of methoxy groups -OCH3 is 1. The molecule has 0 bridgehead atoms. The number of para-hydroxylation sites is 1. The van der Waals surface area contributed by atoms with Crippen molar-refractivity contribution in [1.29, 1.82) is 0 Å². The van der Waals surface area contributed by atoms with Crippen molar-refractivity contribution in [3.63, 3.8) is 0 Å². The van der Waals surface area contributed by atoms with Gasteiger partial charge in [0, 0.05) is 19.6 Å². The number of rotatable bonds is 8. The van der Waals surface area contributed by atoms with Crippen LogP contribution in [0.2, 0.25) is 0 Å². The summed E-state index contributed by atoms with van der Waals surface area (Å²) >= 11 is 0. The average molecular weight is 306 g/mol. The van der Waals surface area contributed by atoms with Gasteiger partial charge in [0.1, 0.15) is 5.75 Å². The molecule has 22 heavy (non-hydrogen) atoms. The molecule has 2 amide bonds. The molecule has 0 saturated heterocycles. The van der Waals surface area contributed by atoms with E-state index in [0.29, 0.717) is 26.1 Å². The first-order chi connectivity index (χ1) is 10.6. The quantitative estimate of drug-likeness (QED) is 0.747. The van der Waals surface area contributed by atoms with Gasteiger partial charge in [0.05, 0.1) is 7.11 Å². The number of ether oxygens (including phenoxy) is 1. The summed E-state index contributed by atoms with van der Waals surface area (Å²) in [6, 6.07) is 7.66. The van der Waals surface area contributed by atoms with E-state index in [4.69, 9.17) is 4.74 Å². The van der Waals surface area contributed by atoms with Gasteiger partial charge in [0.15, 0.2) is 0 Å². The van der Waals surface area contributed by atoms with Gasteiger partial charge in [-0.2, -0.15) is 0 Å². The van der Waals surface area contributed by atoms with Crippen molar-refractivity contribution >= 4 is 11.8 Å². The van der Waals surface area contributed by atoms with Gasteiger partial charge in [-0.1, -0.05) is 32.0 Å². The van der Waals surface area contributed by atoms with Gasteiger partial charge >= 0.3 is 11.8 Å². The zero-order valence-corrected chi connectivity index (χ0v) is 13.7. The molecule has 0 aliphatic rings. The molecule has 1 aromatic rings. The van der Waals surface area contributed by atoms with Gasteiger partial charge in [-0.05, 0) is 30.9 Å². The van der Waals surface area contributed by atoms with E-state index in [-0.39, 0.29) is 0 Å². The van der Waals surface area contributed by atoms with E-state index in [9.17, 15) is 9.59 Å². The molecule has 0 atom stereocenters. The molecule has 0 spiro atoms. The molecular formula is C17H26N2O3. The Morgan fingerprint density at radius 1 is 1.14 bits per heavy atom. The molecule has 0 fully saturated rings. The van der Waals surface area contributed by atoms with Gasteiger partial charge in [0.25, 0.3) is 0 Å². The topological polar surface area (TPSA) is 58.6 Å². The van der Waals surface area contributed by atoms with E-state index in [2.05, 4.69) is 5.32 Å². The van der Waals surface area contributed by atoms with Gasteiger partial charge in [-0.3, -0.25) is 9.59 Å². The van der Waals surface area contributed by atoms with E-state index in [1.165, 1.54) is 0 Å². The number of nitrogens with one attached hydrogen (secondary N) is 1. The lowest BCUT2D eigenvalue weighted by atomic mass is 10.1. The second kappa shape index (κ2) is 9.82.